The van der Waals surface area contributed by atoms with Gasteiger partial charge >= 0.3 is 0 Å². The molecule has 1 N–H and O–H groups in total. The van der Waals surface area contributed by atoms with E-state index in [1.54, 1.807) is 0 Å². The van der Waals surface area contributed by atoms with Gasteiger partial charge in [-0.25, -0.2) is 0 Å². The van der Waals surface area contributed by atoms with Crippen molar-refractivity contribution in [1.29, 1.82) is 0 Å². The van der Waals surface area contributed by atoms with Crippen LogP contribution >= 0.6 is 0 Å². The van der Waals surface area contributed by atoms with Gasteiger partial charge in [-0.05, 0) is 26.3 Å². The van der Waals surface area contributed by atoms with Crippen LogP contribution in [0.1, 0.15) is 46.0 Å². The zero-order valence-electron chi connectivity index (χ0n) is 11.5. The average Bonchev–Trinajstić information content (AvgIpc) is 2.56. The van der Waals surface area contributed by atoms with E-state index in [0.717, 1.165) is 32.3 Å². The maximum absolute atomic E-state index is 5.57. The first-order chi connectivity index (χ1) is 8.33. The van der Waals surface area contributed by atoms with Gasteiger partial charge in [-0.3, -0.25) is 4.90 Å². The summed E-state index contributed by atoms with van der Waals surface area (Å²) in [6.45, 7) is 8.58. The van der Waals surface area contributed by atoms with E-state index in [9.17, 15) is 0 Å². The largest absolute Gasteiger partial charge is 0.379 e. The molecule has 0 amide bonds. The van der Waals surface area contributed by atoms with Crippen molar-refractivity contribution < 1.29 is 4.74 Å². The van der Waals surface area contributed by atoms with E-state index in [1.807, 2.05) is 0 Å². The Balaban J connectivity index is 2.01. The average molecular weight is 240 g/mol. The molecule has 17 heavy (non-hydrogen) atoms. The van der Waals surface area contributed by atoms with Crippen LogP contribution in [0.5, 0.6) is 0 Å². The Morgan fingerprint density at radius 1 is 1.24 bits per heavy atom. The van der Waals surface area contributed by atoms with Gasteiger partial charge in [0.15, 0.2) is 0 Å². The molecular weight excluding hydrogens is 212 g/mol. The minimum atomic E-state index is 0.591. The third-order valence-electron chi connectivity index (χ3n) is 4.29. The summed E-state index contributed by atoms with van der Waals surface area (Å²) in [6.07, 6.45) is 6.92. The van der Waals surface area contributed by atoms with Crippen LogP contribution in [-0.4, -0.2) is 49.3 Å². The number of ether oxygens (including phenoxy) is 1. The summed E-state index contributed by atoms with van der Waals surface area (Å²) in [7, 11) is 0. The van der Waals surface area contributed by atoms with Crippen molar-refractivity contribution in [3.8, 4) is 0 Å². The summed E-state index contributed by atoms with van der Waals surface area (Å²) >= 11 is 0. The number of rotatable bonds is 3. The Labute approximate surface area is 106 Å². The summed E-state index contributed by atoms with van der Waals surface area (Å²) in [5.74, 6) is 0. The molecule has 100 valence electrons. The van der Waals surface area contributed by atoms with Crippen LogP contribution in [0.3, 0.4) is 0 Å². The molecular formula is C14H28N2O. The molecule has 3 nitrogen and oxygen atoms in total. The number of nitrogens with one attached hydrogen (secondary N) is 1. The Kier molecular flexibility index (Phi) is 5.26. The molecule has 1 saturated heterocycles. The molecule has 2 fully saturated rings. The van der Waals surface area contributed by atoms with E-state index in [-0.39, 0.29) is 0 Å². The number of likely N-dealkylation sites (N-methyl/N-ethyl adjacent to an activating group) is 1. The van der Waals surface area contributed by atoms with Crippen molar-refractivity contribution in [2.24, 2.45) is 0 Å². The number of hydrogen-bond donors (Lipinski definition) is 1. The van der Waals surface area contributed by atoms with Gasteiger partial charge in [-0.15, -0.1) is 0 Å². The molecule has 0 aromatic heterocycles. The highest BCUT2D eigenvalue weighted by Crippen LogP contribution is 2.25. The predicted octanol–water partition coefficient (Wildman–Crippen LogP) is 2.02. The second kappa shape index (κ2) is 6.72. The maximum Gasteiger partial charge on any atom is 0.0619 e. The lowest BCUT2D eigenvalue weighted by Crippen LogP contribution is -2.56. The van der Waals surface area contributed by atoms with Gasteiger partial charge in [0.25, 0.3) is 0 Å². The lowest BCUT2D eigenvalue weighted by molar-refractivity contribution is -0.0310. The molecule has 0 bridgehead atoms. The van der Waals surface area contributed by atoms with Crippen LogP contribution in [0.15, 0.2) is 0 Å². The predicted molar refractivity (Wildman–Crippen MR) is 71.3 cm³/mol. The van der Waals surface area contributed by atoms with Gasteiger partial charge in [0, 0.05) is 24.7 Å². The first-order valence-corrected chi connectivity index (χ1v) is 7.39. The third kappa shape index (κ3) is 3.43. The Morgan fingerprint density at radius 3 is 2.82 bits per heavy atom. The quantitative estimate of drug-likeness (QED) is 0.764. The fourth-order valence-electron chi connectivity index (χ4n) is 3.42. The van der Waals surface area contributed by atoms with Crippen molar-refractivity contribution in [2.75, 3.05) is 26.3 Å². The Bertz CT molecular complexity index is 222. The van der Waals surface area contributed by atoms with Crippen molar-refractivity contribution in [3.05, 3.63) is 0 Å². The van der Waals surface area contributed by atoms with E-state index in [2.05, 4.69) is 24.1 Å². The molecule has 3 unspecified atom stereocenters. The van der Waals surface area contributed by atoms with Crippen LogP contribution in [0, 0.1) is 0 Å². The molecule has 1 aliphatic carbocycles. The summed E-state index contributed by atoms with van der Waals surface area (Å²) in [5.41, 5.74) is 0. The van der Waals surface area contributed by atoms with E-state index < -0.39 is 0 Å². The Morgan fingerprint density at radius 2 is 2.06 bits per heavy atom. The zero-order valence-corrected chi connectivity index (χ0v) is 11.5. The SMILES string of the molecule is CCNC1CCCCCC1N1CCOCC1C. The van der Waals surface area contributed by atoms with Gasteiger partial charge in [-0.2, -0.15) is 0 Å². The van der Waals surface area contributed by atoms with Crippen LogP contribution in [0.25, 0.3) is 0 Å². The summed E-state index contributed by atoms with van der Waals surface area (Å²) < 4.78 is 5.57. The molecule has 2 rings (SSSR count). The zero-order chi connectivity index (χ0) is 12.1. The highest BCUT2D eigenvalue weighted by Gasteiger charge is 2.32. The lowest BCUT2D eigenvalue weighted by atomic mass is 9.99. The summed E-state index contributed by atoms with van der Waals surface area (Å²) in [5, 5.41) is 3.71. The fraction of sp³-hybridized carbons (Fsp3) is 1.00. The first-order valence-electron chi connectivity index (χ1n) is 7.39. The molecule has 3 atom stereocenters. The van der Waals surface area contributed by atoms with Crippen molar-refractivity contribution in [3.63, 3.8) is 0 Å². The highest BCUT2D eigenvalue weighted by molar-refractivity contribution is 4.89. The second-order valence-electron chi connectivity index (χ2n) is 5.53. The van der Waals surface area contributed by atoms with E-state index in [0.29, 0.717) is 12.1 Å². The minimum Gasteiger partial charge on any atom is -0.379 e. The smallest absolute Gasteiger partial charge is 0.0619 e. The topological polar surface area (TPSA) is 24.5 Å². The molecule has 0 aromatic carbocycles. The van der Waals surface area contributed by atoms with Gasteiger partial charge < -0.3 is 10.1 Å². The highest BCUT2D eigenvalue weighted by atomic mass is 16.5. The summed E-state index contributed by atoms with van der Waals surface area (Å²) in [4.78, 5) is 2.70. The van der Waals surface area contributed by atoms with Crippen LogP contribution in [-0.2, 0) is 4.74 Å². The molecule has 1 heterocycles. The Hall–Kier alpha value is -0.120. The molecule has 3 heteroatoms. The van der Waals surface area contributed by atoms with E-state index >= 15 is 0 Å². The fourth-order valence-corrected chi connectivity index (χ4v) is 3.42. The minimum absolute atomic E-state index is 0.591. The molecule has 0 radical (unpaired) electrons. The normalized spacial score (nSPS) is 36.7. The summed E-state index contributed by atoms with van der Waals surface area (Å²) in [6, 6.07) is 2.02. The monoisotopic (exact) mass is 240 g/mol. The van der Waals surface area contributed by atoms with E-state index in [1.165, 1.54) is 32.1 Å². The first kappa shape index (κ1) is 13.3. The lowest BCUT2D eigenvalue weighted by Gasteiger charge is -2.42. The molecule has 1 saturated carbocycles. The van der Waals surface area contributed by atoms with E-state index in [4.69, 9.17) is 4.74 Å². The van der Waals surface area contributed by atoms with Gasteiger partial charge in [0.2, 0.25) is 0 Å². The van der Waals surface area contributed by atoms with Crippen LogP contribution in [0.4, 0.5) is 0 Å². The molecule has 2 aliphatic rings. The van der Waals surface area contributed by atoms with Gasteiger partial charge in [-0.1, -0.05) is 26.2 Å². The molecule has 0 aromatic rings. The van der Waals surface area contributed by atoms with Crippen molar-refractivity contribution >= 4 is 0 Å². The third-order valence-corrected chi connectivity index (χ3v) is 4.29. The van der Waals surface area contributed by atoms with Crippen LogP contribution in [0.2, 0.25) is 0 Å². The van der Waals surface area contributed by atoms with Crippen molar-refractivity contribution in [1.82, 2.24) is 10.2 Å². The number of nitrogens with zero attached hydrogens (tertiary/aromatic N) is 1. The van der Waals surface area contributed by atoms with Crippen LogP contribution < -0.4 is 5.32 Å². The molecule has 1 aliphatic heterocycles. The second-order valence-corrected chi connectivity index (χ2v) is 5.53. The number of morpholine rings is 1. The number of hydrogen-bond acceptors (Lipinski definition) is 3. The standard InChI is InChI=1S/C14H28N2O/c1-3-15-13-7-5-4-6-8-14(13)16-9-10-17-11-12(16)2/h12-15H,3-11H2,1-2H3. The van der Waals surface area contributed by atoms with Gasteiger partial charge in [0.1, 0.15) is 0 Å². The molecule has 0 spiro atoms. The van der Waals surface area contributed by atoms with Gasteiger partial charge in [0.05, 0.1) is 13.2 Å². The van der Waals surface area contributed by atoms with Crippen molar-refractivity contribution in [2.45, 2.75) is 64.1 Å². The maximum atomic E-state index is 5.57.